The van der Waals surface area contributed by atoms with Crippen LogP contribution in [0.25, 0.3) is 10.9 Å². The number of hydrogen-bond donors (Lipinski definition) is 2. The number of aryl methyl sites for hydroxylation is 1. The Bertz CT molecular complexity index is 891. The summed E-state index contributed by atoms with van der Waals surface area (Å²) in [4.78, 5) is 28.8. The highest BCUT2D eigenvalue weighted by Gasteiger charge is 2.26. The lowest BCUT2D eigenvalue weighted by molar-refractivity contribution is -0.125. The SMILES string of the molecule is C=CC(=O)N1CC[C@H](CC(=O)Nc2ccc(C)c3c(C#N)c[nH]c23)C1. The number of hydrogen-bond acceptors (Lipinski definition) is 3. The van der Waals surface area contributed by atoms with Crippen molar-refractivity contribution in [1.29, 1.82) is 5.26 Å². The van der Waals surface area contributed by atoms with Crippen LogP contribution >= 0.6 is 0 Å². The second-order valence-electron chi connectivity index (χ2n) is 6.39. The fourth-order valence-corrected chi connectivity index (χ4v) is 3.40. The summed E-state index contributed by atoms with van der Waals surface area (Å²) >= 11 is 0. The molecule has 1 atom stereocenters. The molecular weight excluding hydrogens is 316 g/mol. The molecule has 2 amide bonds. The molecule has 0 spiro atoms. The maximum atomic E-state index is 12.4. The molecule has 0 radical (unpaired) electrons. The Morgan fingerprint density at radius 3 is 3.04 bits per heavy atom. The van der Waals surface area contributed by atoms with Crippen molar-refractivity contribution < 1.29 is 9.59 Å². The van der Waals surface area contributed by atoms with Gasteiger partial charge >= 0.3 is 0 Å². The van der Waals surface area contributed by atoms with Crippen LogP contribution in [-0.2, 0) is 9.59 Å². The van der Waals surface area contributed by atoms with Gasteiger partial charge in [-0.2, -0.15) is 5.26 Å². The van der Waals surface area contributed by atoms with Crippen molar-refractivity contribution in [2.75, 3.05) is 18.4 Å². The number of aromatic nitrogens is 1. The highest BCUT2D eigenvalue weighted by molar-refractivity contribution is 6.03. The molecule has 25 heavy (non-hydrogen) atoms. The highest BCUT2D eigenvalue weighted by atomic mass is 16.2. The van der Waals surface area contributed by atoms with Crippen LogP contribution in [0, 0.1) is 24.2 Å². The van der Waals surface area contributed by atoms with Crippen molar-refractivity contribution in [2.45, 2.75) is 19.8 Å². The third kappa shape index (κ3) is 3.26. The maximum Gasteiger partial charge on any atom is 0.245 e. The zero-order chi connectivity index (χ0) is 18.0. The monoisotopic (exact) mass is 336 g/mol. The normalized spacial score (nSPS) is 16.6. The van der Waals surface area contributed by atoms with Crippen LogP contribution in [0.4, 0.5) is 5.69 Å². The van der Waals surface area contributed by atoms with Gasteiger partial charge in [0.1, 0.15) is 6.07 Å². The first-order valence-corrected chi connectivity index (χ1v) is 8.25. The van der Waals surface area contributed by atoms with Crippen LogP contribution in [0.5, 0.6) is 0 Å². The van der Waals surface area contributed by atoms with E-state index in [0.717, 1.165) is 22.9 Å². The molecule has 1 aliphatic heterocycles. The largest absolute Gasteiger partial charge is 0.358 e. The molecule has 1 aromatic carbocycles. The van der Waals surface area contributed by atoms with Crippen molar-refractivity contribution in [1.82, 2.24) is 9.88 Å². The van der Waals surface area contributed by atoms with Gasteiger partial charge in [-0.15, -0.1) is 0 Å². The van der Waals surface area contributed by atoms with E-state index in [-0.39, 0.29) is 17.7 Å². The van der Waals surface area contributed by atoms with Crippen molar-refractivity contribution in [3.8, 4) is 6.07 Å². The zero-order valence-electron chi connectivity index (χ0n) is 14.1. The fourth-order valence-electron chi connectivity index (χ4n) is 3.40. The van der Waals surface area contributed by atoms with Gasteiger partial charge in [0.15, 0.2) is 0 Å². The van der Waals surface area contributed by atoms with Crippen LogP contribution in [-0.4, -0.2) is 34.8 Å². The topological polar surface area (TPSA) is 89.0 Å². The number of benzene rings is 1. The summed E-state index contributed by atoms with van der Waals surface area (Å²) in [5.41, 5.74) is 2.99. The summed E-state index contributed by atoms with van der Waals surface area (Å²) < 4.78 is 0. The van der Waals surface area contributed by atoms with Gasteiger partial charge in [0, 0.05) is 31.1 Å². The van der Waals surface area contributed by atoms with Crippen LogP contribution < -0.4 is 5.32 Å². The van der Waals surface area contributed by atoms with E-state index in [0.29, 0.717) is 30.8 Å². The number of amides is 2. The van der Waals surface area contributed by atoms with Crippen LogP contribution in [0.3, 0.4) is 0 Å². The first kappa shape index (κ1) is 16.8. The van der Waals surface area contributed by atoms with Gasteiger partial charge in [-0.1, -0.05) is 12.6 Å². The number of rotatable bonds is 4. The van der Waals surface area contributed by atoms with Gasteiger partial charge in [-0.3, -0.25) is 9.59 Å². The predicted octanol–water partition coefficient (Wildman–Crippen LogP) is 2.71. The number of anilines is 1. The molecule has 3 rings (SSSR count). The molecule has 6 heteroatoms. The lowest BCUT2D eigenvalue weighted by Crippen LogP contribution is -2.27. The second kappa shape index (κ2) is 6.81. The molecule has 2 heterocycles. The number of fused-ring (bicyclic) bond motifs is 1. The molecule has 1 aliphatic rings. The second-order valence-corrected chi connectivity index (χ2v) is 6.39. The Balaban J connectivity index is 1.70. The Hall–Kier alpha value is -3.07. The van der Waals surface area contributed by atoms with Gasteiger partial charge in [0.05, 0.1) is 16.8 Å². The van der Waals surface area contributed by atoms with Gasteiger partial charge in [0.2, 0.25) is 11.8 Å². The minimum Gasteiger partial charge on any atom is -0.358 e. The van der Waals surface area contributed by atoms with E-state index in [1.165, 1.54) is 6.08 Å². The molecule has 2 N–H and O–H groups in total. The van der Waals surface area contributed by atoms with E-state index < -0.39 is 0 Å². The summed E-state index contributed by atoms with van der Waals surface area (Å²) in [6.07, 6.45) is 4.14. The molecule has 1 saturated heterocycles. The summed E-state index contributed by atoms with van der Waals surface area (Å²) in [6, 6.07) is 5.90. The number of carbonyl (C=O) groups is 2. The molecule has 128 valence electrons. The standard InChI is InChI=1S/C19H20N4O2/c1-3-17(25)23-7-6-13(11-23)8-16(24)22-15-5-4-12(2)18-14(9-20)10-21-19(15)18/h3-5,10,13,21H,1,6-8,11H2,2H3,(H,22,24)/t13-/m1/s1. The molecular formula is C19H20N4O2. The van der Waals surface area contributed by atoms with E-state index >= 15 is 0 Å². The fraction of sp³-hybridized carbons (Fsp3) is 0.316. The van der Waals surface area contributed by atoms with Crippen molar-refractivity contribution >= 4 is 28.4 Å². The van der Waals surface area contributed by atoms with Crippen molar-refractivity contribution in [3.63, 3.8) is 0 Å². The predicted molar refractivity (Wildman–Crippen MR) is 95.9 cm³/mol. The summed E-state index contributed by atoms with van der Waals surface area (Å²) in [7, 11) is 0. The van der Waals surface area contributed by atoms with Gasteiger partial charge < -0.3 is 15.2 Å². The number of carbonyl (C=O) groups excluding carboxylic acids is 2. The van der Waals surface area contributed by atoms with E-state index in [2.05, 4.69) is 22.9 Å². The molecule has 1 aromatic heterocycles. The third-order valence-electron chi connectivity index (χ3n) is 4.68. The Morgan fingerprint density at radius 2 is 2.32 bits per heavy atom. The molecule has 0 saturated carbocycles. The molecule has 0 bridgehead atoms. The van der Waals surface area contributed by atoms with E-state index in [4.69, 9.17) is 0 Å². The average Bonchev–Trinajstić information content (AvgIpc) is 3.24. The number of nitrogens with zero attached hydrogens (tertiary/aromatic N) is 2. The van der Waals surface area contributed by atoms with Crippen molar-refractivity contribution in [2.24, 2.45) is 5.92 Å². The van der Waals surface area contributed by atoms with E-state index in [1.807, 2.05) is 19.1 Å². The maximum absolute atomic E-state index is 12.4. The minimum absolute atomic E-state index is 0.0847. The summed E-state index contributed by atoms with van der Waals surface area (Å²) in [5.74, 6) is -0.0158. The number of aromatic amines is 1. The molecule has 1 fully saturated rings. The Morgan fingerprint density at radius 1 is 1.52 bits per heavy atom. The number of likely N-dealkylation sites (tertiary alicyclic amines) is 1. The molecule has 6 nitrogen and oxygen atoms in total. The van der Waals surface area contributed by atoms with E-state index in [9.17, 15) is 14.9 Å². The number of nitriles is 1. The first-order valence-electron chi connectivity index (χ1n) is 8.25. The van der Waals surface area contributed by atoms with Crippen LogP contribution in [0.1, 0.15) is 24.0 Å². The van der Waals surface area contributed by atoms with Gasteiger partial charge in [0.25, 0.3) is 0 Å². The van der Waals surface area contributed by atoms with Crippen LogP contribution in [0.2, 0.25) is 0 Å². The number of nitrogens with one attached hydrogen (secondary N) is 2. The molecule has 2 aromatic rings. The summed E-state index contributed by atoms with van der Waals surface area (Å²) in [6.45, 7) is 6.68. The third-order valence-corrected chi connectivity index (χ3v) is 4.68. The molecule has 0 unspecified atom stereocenters. The summed E-state index contributed by atoms with van der Waals surface area (Å²) in [5, 5.41) is 13.0. The van der Waals surface area contributed by atoms with E-state index in [1.54, 1.807) is 11.1 Å². The Kier molecular flexibility index (Phi) is 4.57. The van der Waals surface area contributed by atoms with Gasteiger partial charge in [-0.05, 0) is 37.0 Å². The smallest absolute Gasteiger partial charge is 0.245 e. The quantitative estimate of drug-likeness (QED) is 0.841. The minimum atomic E-state index is -0.0869. The highest BCUT2D eigenvalue weighted by Crippen LogP contribution is 2.29. The lowest BCUT2D eigenvalue weighted by atomic mass is 10.0. The first-order chi connectivity index (χ1) is 12.0. The van der Waals surface area contributed by atoms with Gasteiger partial charge in [-0.25, -0.2) is 0 Å². The Labute approximate surface area is 146 Å². The lowest BCUT2D eigenvalue weighted by Gasteiger charge is -2.14. The molecule has 0 aliphatic carbocycles. The zero-order valence-corrected chi connectivity index (χ0v) is 14.1. The average molecular weight is 336 g/mol. The number of H-pyrrole nitrogens is 1. The van der Waals surface area contributed by atoms with Crippen LogP contribution in [0.15, 0.2) is 31.0 Å². The van der Waals surface area contributed by atoms with Crippen molar-refractivity contribution in [3.05, 3.63) is 42.1 Å².